The number of benzene rings is 1. The van der Waals surface area contributed by atoms with Gasteiger partial charge in [0.05, 0.1) is 11.2 Å². The Labute approximate surface area is 132 Å². The van der Waals surface area contributed by atoms with Gasteiger partial charge in [-0.05, 0) is 45.1 Å². The number of primary amides is 1. The van der Waals surface area contributed by atoms with Gasteiger partial charge in [0.25, 0.3) is 0 Å². The molecule has 1 unspecified atom stereocenters. The Hall–Kier alpha value is -1.53. The highest BCUT2D eigenvalue weighted by Crippen LogP contribution is 2.36. The van der Waals surface area contributed by atoms with E-state index in [2.05, 4.69) is 0 Å². The number of hydrogen-bond acceptors (Lipinski definition) is 4. The van der Waals surface area contributed by atoms with Crippen molar-refractivity contribution in [3.8, 4) is 0 Å². The Morgan fingerprint density at radius 2 is 1.68 bits per heavy atom. The van der Waals surface area contributed by atoms with E-state index in [-0.39, 0.29) is 17.3 Å². The highest BCUT2D eigenvalue weighted by Gasteiger charge is 2.51. The van der Waals surface area contributed by atoms with E-state index in [1.54, 1.807) is 0 Å². The molecule has 0 aliphatic carbocycles. The predicted octanol–water partition coefficient (Wildman–Crippen LogP) is 2.53. The minimum absolute atomic E-state index is 0.329. The summed E-state index contributed by atoms with van der Waals surface area (Å²) in [4.78, 5) is 10.9. The maximum atomic E-state index is 10.9. The summed E-state index contributed by atoms with van der Waals surface area (Å²) in [5.74, 6) is 0. The minimum atomic E-state index is -0.762. The van der Waals surface area contributed by atoms with E-state index in [0.29, 0.717) is 6.42 Å². The van der Waals surface area contributed by atoms with Gasteiger partial charge in [0, 0.05) is 0 Å². The largest absolute Gasteiger partial charge is 0.494 e. The Morgan fingerprint density at radius 1 is 1.18 bits per heavy atom. The molecule has 2 rings (SSSR count). The number of ether oxygens (including phenoxy) is 1. The van der Waals surface area contributed by atoms with Gasteiger partial charge in [0.2, 0.25) is 0 Å². The first-order valence-corrected chi connectivity index (χ1v) is 7.58. The first-order valence-electron chi connectivity index (χ1n) is 7.58. The van der Waals surface area contributed by atoms with Gasteiger partial charge < -0.3 is 19.8 Å². The number of nitrogens with two attached hydrogens (primary N) is 1. The summed E-state index contributed by atoms with van der Waals surface area (Å²) in [5.41, 5.74) is 6.21. The zero-order valence-corrected chi connectivity index (χ0v) is 13.9. The van der Waals surface area contributed by atoms with Gasteiger partial charge in [0.1, 0.15) is 6.10 Å². The molecular formula is C16H24BNO4. The molecule has 0 bridgehead atoms. The number of hydrogen-bond donors (Lipinski definition) is 1. The third-order valence-corrected chi connectivity index (χ3v) is 4.46. The van der Waals surface area contributed by atoms with Crippen LogP contribution in [0.5, 0.6) is 0 Å². The summed E-state index contributed by atoms with van der Waals surface area (Å²) in [6, 6.07) is 7.70. The Morgan fingerprint density at radius 3 is 2.09 bits per heavy atom. The smallest absolute Gasteiger partial charge is 0.442 e. The van der Waals surface area contributed by atoms with Crippen LogP contribution in [-0.4, -0.2) is 24.4 Å². The van der Waals surface area contributed by atoms with Crippen molar-refractivity contribution in [3.05, 3.63) is 29.8 Å². The van der Waals surface area contributed by atoms with Crippen molar-refractivity contribution in [3.63, 3.8) is 0 Å². The predicted molar refractivity (Wildman–Crippen MR) is 85.9 cm³/mol. The van der Waals surface area contributed by atoms with Gasteiger partial charge in [-0.25, -0.2) is 4.79 Å². The van der Waals surface area contributed by atoms with E-state index in [0.717, 1.165) is 11.0 Å². The van der Waals surface area contributed by atoms with Crippen molar-refractivity contribution in [2.24, 2.45) is 5.73 Å². The zero-order chi connectivity index (χ0) is 16.5. The number of amides is 1. The Bertz CT molecular complexity index is 526. The number of carbonyl (C=O) groups excluding carboxylic acids is 1. The third kappa shape index (κ3) is 3.28. The monoisotopic (exact) mass is 305 g/mol. The molecule has 0 radical (unpaired) electrons. The highest BCUT2D eigenvalue weighted by molar-refractivity contribution is 6.62. The van der Waals surface area contributed by atoms with Crippen molar-refractivity contribution in [1.82, 2.24) is 0 Å². The average Bonchev–Trinajstić information content (AvgIpc) is 2.65. The number of rotatable bonds is 4. The van der Waals surface area contributed by atoms with Gasteiger partial charge >= 0.3 is 13.2 Å². The van der Waals surface area contributed by atoms with E-state index in [4.69, 9.17) is 19.8 Å². The van der Waals surface area contributed by atoms with Crippen molar-refractivity contribution < 1.29 is 18.8 Å². The molecule has 1 aliphatic heterocycles. The summed E-state index contributed by atoms with van der Waals surface area (Å²) in [6.45, 7) is 10.0. The van der Waals surface area contributed by atoms with Crippen LogP contribution in [0.3, 0.4) is 0 Å². The summed E-state index contributed by atoms with van der Waals surface area (Å²) < 4.78 is 17.1. The summed E-state index contributed by atoms with van der Waals surface area (Å²) in [5, 5.41) is 0. The maximum absolute atomic E-state index is 10.9. The first kappa shape index (κ1) is 16.8. The molecule has 1 heterocycles. The van der Waals surface area contributed by atoms with Gasteiger partial charge in [-0.2, -0.15) is 0 Å². The molecule has 1 aliphatic rings. The molecule has 5 nitrogen and oxygen atoms in total. The van der Waals surface area contributed by atoms with Crippen LogP contribution in [0.15, 0.2) is 24.3 Å². The van der Waals surface area contributed by atoms with Crippen molar-refractivity contribution in [2.75, 3.05) is 0 Å². The van der Waals surface area contributed by atoms with Crippen LogP contribution in [0.25, 0.3) is 0 Å². The fourth-order valence-electron chi connectivity index (χ4n) is 2.37. The molecular weight excluding hydrogens is 281 g/mol. The first-order chi connectivity index (χ1) is 10.2. The molecule has 1 aromatic carbocycles. The van der Waals surface area contributed by atoms with E-state index >= 15 is 0 Å². The fourth-order valence-corrected chi connectivity index (χ4v) is 2.37. The molecule has 6 heteroatoms. The summed E-state index contributed by atoms with van der Waals surface area (Å²) in [6.07, 6.45) is -0.426. The molecule has 0 spiro atoms. The van der Waals surface area contributed by atoms with Crippen LogP contribution < -0.4 is 11.2 Å². The van der Waals surface area contributed by atoms with Crippen LogP contribution in [0.2, 0.25) is 0 Å². The van der Waals surface area contributed by atoms with Crippen LogP contribution in [-0.2, 0) is 14.0 Å². The highest BCUT2D eigenvalue weighted by atomic mass is 16.7. The van der Waals surface area contributed by atoms with Gasteiger partial charge in [-0.3, -0.25) is 0 Å². The molecule has 120 valence electrons. The topological polar surface area (TPSA) is 70.8 Å². The SMILES string of the molecule is CCC(OC(N)=O)c1ccc(B2OC(C)(C)C(C)(C)O2)cc1. The van der Waals surface area contributed by atoms with Crippen molar-refractivity contribution >= 4 is 18.7 Å². The lowest BCUT2D eigenvalue weighted by Crippen LogP contribution is -2.41. The fraction of sp³-hybridized carbons (Fsp3) is 0.562. The second-order valence-corrected chi connectivity index (χ2v) is 6.59. The standard InChI is InChI=1S/C16H24BNO4/c1-6-13(20-14(18)19)11-7-9-12(10-8-11)17-21-15(2,3)16(4,5)22-17/h7-10,13H,6H2,1-5H3,(H2,18,19). The molecule has 0 aromatic heterocycles. The summed E-state index contributed by atoms with van der Waals surface area (Å²) >= 11 is 0. The van der Waals surface area contributed by atoms with E-state index in [9.17, 15) is 4.79 Å². The van der Waals surface area contributed by atoms with Crippen molar-refractivity contribution in [1.29, 1.82) is 0 Å². The van der Waals surface area contributed by atoms with Crippen LogP contribution in [0, 0.1) is 0 Å². The van der Waals surface area contributed by atoms with Crippen LogP contribution >= 0.6 is 0 Å². The van der Waals surface area contributed by atoms with Crippen LogP contribution in [0.4, 0.5) is 4.79 Å². The lowest BCUT2D eigenvalue weighted by molar-refractivity contribution is 0.00578. The maximum Gasteiger partial charge on any atom is 0.494 e. The second-order valence-electron chi connectivity index (χ2n) is 6.59. The van der Waals surface area contributed by atoms with Crippen LogP contribution in [0.1, 0.15) is 52.7 Å². The van der Waals surface area contributed by atoms with Gasteiger partial charge in [0.15, 0.2) is 0 Å². The van der Waals surface area contributed by atoms with Gasteiger partial charge in [-0.1, -0.05) is 31.2 Å². The van der Waals surface area contributed by atoms with E-state index in [1.165, 1.54) is 0 Å². The Balaban J connectivity index is 2.15. The van der Waals surface area contributed by atoms with Gasteiger partial charge in [-0.15, -0.1) is 0 Å². The molecule has 0 saturated carbocycles. The second kappa shape index (κ2) is 5.93. The molecule has 1 atom stereocenters. The van der Waals surface area contributed by atoms with Crippen molar-refractivity contribution in [2.45, 2.75) is 58.3 Å². The average molecular weight is 305 g/mol. The minimum Gasteiger partial charge on any atom is -0.442 e. The molecule has 1 saturated heterocycles. The number of carbonyl (C=O) groups is 1. The molecule has 1 fully saturated rings. The molecule has 2 N–H and O–H groups in total. The summed E-state index contributed by atoms with van der Waals surface area (Å²) in [7, 11) is -0.392. The Kier molecular flexibility index (Phi) is 4.54. The lowest BCUT2D eigenvalue weighted by atomic mass is 9.78. The third-order valence-electron chi connectivity index (χ3n) is 4.46. The quantitative estimate of drug-likeness (QED) is 0.868. The van der Waals surface area contributed by atoms with E-state index in [1.807, 2.05) is 58.9 Å². The molecule has 1 aromatic rings. The van der Waals surface area contributed by atoms with E-state index < -0.39 is 13.2 Å². The zero-order valence-electron chi connectivity index (χ0n) is 13.9. The lowest BCUT2D eigenvalue weighted by Gasteiger charge is -2.32. The molecule has 22 heavy (non-hydrogen) atoms. The normalized spacial score (nSPS) is 20.7. The molecule has 1 amide bonds.